The Bertz CT molecular complexity index is 581. The fourth-order valence-electron chi connectivity index (χ4n) is 4.23. The highest BCUT2D eigenvalue weighted by atomic mass is 16.7. The largest absolute Gasteiger partial charge is 0.465 e. The fourth-order valence-corrected chi connectivity index (χ4v) is 4.23. The zero-order chi connectivity index (χ0) is 16.5. The molecule has 0 aliphatic carbocycles. The molecule has 0 radical (unpaired) electrons. The second kappa shape index (κ2) is 6.86. The zero-order valence-electron chi connectivity index (χ0n) is 14.3. The maximum absolute atomic E-state index is 12.8. The van der Waals surface area contributed by atoms with Gasteiger partial charge in [0.1, 0.15) is 11.5 Å². The van der Waals surface area contributed by atoms with Crippen molar-refractivity contribution in [3.05, 3.63) is 23.7 Å². The van der Waals surface area contributed by atoms with Gasteiger partial charge in [-0.05, 0) is 38.3 Å². The average Bonchev–Trinajstić information content (AvgIpc) is 3.25. The number of aryl methyl sites for hydroxylation is 1. The first-order chi connectivity index (χ1) is 11.7. The molecule has 1 amide bonds. The van der Waals surface area contributed by atoms with Gasteiger partial charge in [0.25, 0.3) is 0 Å². The Kier molecular flexibility index (Phi) is 4.61. The van der Waals surface area contributed by atoms with Crippen molar-refractivity contribution in [3.63, 3.8) is 0 Å². The van der Waals surface area contributed by atoms with E-state index in [0.29, 0.717) is 13.2 Å². The minimum atomic E-state index is 0.0167. The number of fused-ring (bicyclic) bond motifs is 1. The molecule has 0 aromatic carbocycles. The number of carbonyl (C=O) groups is 1. The van der Waals surface area contributed by atoms with Gasteiger partial charge < -0.3 is 9.15 Å². The van der Waals surface area contributed by atoms with E-state index in [0.717, 1.165) is 57.0 Å². The van der Waals surface area contributed by atoms with Crippen LogP contribution >= 0.6 is 0 Å². The van der Waals surface area contributed by atoms with E-state index in [1.807, 2.05) is 19.1 Å². The summed E-state index contributed by atoms with van der Waals surface area (Å²) < 4.78 is 11.7. The van der Waals surface area contributed by atoms with Crippen molar-refractivity contribution in [2.45, 2.75) is 38.8 Å². The van der Waals surface area contributed by atoms with E-state index in [1.165, 1.54) is 0 Å². The standard InChI is InChI=1S/C18H26N2O4/c1-13-3-4-14(24-13)11-19-8-5-17-16(12-19)15(6-10-22-17)18(21)20-7-2-9-23-20/h3-4,15-17H,2,5-12H2,1H3/t15-,16+,17-/m0/s1. The van der Waals surface area contributed by atoms with Gasteiger partial charge in [-0.25, -0.2) is 5.06 Å². The number of ether oxygens (including phenoxy) is 1. The van der Waals surface area contributed by atoms with Crippen LogP contribution < -0.4 is 0 Å². The van der Waals surface area contributed by atoms with Crippen LogP contribution in [0.5, 0.6) is 0 Å². The predicted molar refractivity (Wildman–Crippen MR) is 87.0 cm³/mol. The van der Waals surface area contributed by atoms with Gasteiger partial charge in [0.05, 0.1) is 25.8 Å². The maximum Gasteiger partial charge on any atom is 0.249 e. The Morgan fingerprint density at radius 1 is 1.25 bits per heavy atom. The van der Waals surface area contributed by atoms with Crippen molar-refractivity contribution in [1.82, 2.24) is 9.96 Å². The molecule has 3 aliphatic heterocycles. The first-order valence-electron chi connectivity index (χ1n) is 9.04. The lowest BCUT2D eigenvalue weighted by atomic mass is 9.79. The van der Waals surface area contributed by atoms with Gasteiger partial charge >= 0.3 is 0 Å². The Balaban J connectivity index is 1.43. The van der Waals surface area contributed by atoms with Crippen molar-refractivity contribution in [1.29, 1.82) is 0 Å². The molecular weight excluding hydrogens is 308 g/mol. The van der Waals surface area contributed by atoms with Gasteiger partial charge in [-0.3, -0.25) is 14.5 Å². The number of rotatable bonds is 3. The molecule has 1 aromatic rings. The Morgan fingerprint density at radius 3 is 2.92 bits per heavy atom. The van der Waals surface area contributed by atoms with Crippen LogP contribution in [0.4, 0.5) is 0 Å². The van der Waals surface area contributed by atoms with Crippen LogP contribution in [-0.4, -0.2) is 54.8 Å². The quantitative estimate of drug-likeness (QED) is 0.846. The SMILES string of the molecule is Cc1ccc(CN2CC[C@@H]3OCC[C@H](C(=O)N4CCCO4)[C@H]3C2)o1. The van der Waals surface area contributed by atoms with E-state index < -0.39 is 0 Å². The summed E-state index contributed by atoms with van der Waals surface area (Å²) in [6, 6.07) is 4.04. The molecule has 132 valence electrons. The normalized spacial score (nSPS) is 31.2. The molecule has 6 nitrogen and oxygen atoms in total. The predicted octanol–water partition coefficient (Wildman–Crippen LogP) is 1.98. The number of piperidine rings is 1. The highest BCUT2D eigenvalue weighted by Crippen LogP contribution is 2.35. The lowest BCUT2D eigenvalue weighted by Crippen LogP contribution is -2.53. The molecule has 3 atom stereocenters. The van der Waals surface area contributed by atoms with Crippen LogP contribution in [0.15, 0.2) is 16.5 Å². The third-order valence-corrected chi connectivity index (χ3v) is 5.45. The number of carbonyl (C=O) groups excluding carboxylic acids is 1. The van der Waals surface area contributed by atoms with Gasteiger partial charge in [-0.1, -0.05) is 0 Å². The molecule has 24 heavy (non-hydrogen) atoms. The van der Waals surface area contributed by atoms with E-state index in [-0.39, 0.29) is 23.8 Å². The van der Waals surface area contributed by atoms with Crippen LogP contribution in [0, 0.1) is 18.8 Å². The first kappa shape index (κ1) is 16.1. The zero-order valence-corrected chi connectivity index (χ0v) is 14.3. The van der Waals surface area contributed by atoms with Gasteiger partial charge in [0, 0.05) is 31.5 Å². The van der Waals surface area contributed by atoms with Crippen molar-refractivity contribution in [2.24, 2.45) is 11.8 Å². The van der Waals surface area contributed by atoms with Crippen LogP contribution in [0.3, 0.4) is 0 Å². The van der Waals surface area contributed by atoms with E-state index >= 15 is 0 Å². The Labute approximate surface area is 142 Å². The van der Waals surface area contributed by atoms with E-state index in [9.17, 15) is 4.79 Å². The molecule has 0 bridgehead atoms. The summed E-state index contributed by atoms with van der Waals surface area (Å²) in [5.41, 5.74) is 0. The number of nitrogens with zero attached hydrogens (tertiary/aromatic N) is 2. The van der Waals surface area contributed by atoms with Crippen LogP contribution in [0.1, 0.15) is 30.8 Å². The lowest BCUT2D eigenvalue weighted by Gasteiger charge is -2.44. The van der Waals surface area contributed by atoms with Crippen molar-refractivity contribution >= 4 is 5.91 Å². The molecule has 3 aliphatic rings. The van der Waals surface area contributed by atoms with Crippen LogP contribution in [0.2, 0.25) is 0 Å². The number of hydrogen-bond acceptors (Lipinski definition) is 5. The summed E-state index contributed by atoms with van der Waals surface area (Å²) in [5, 5.41) is 1.59. The number of hydrogen-bond donors (Lipinski definition) is 0. The summed E-state index contributed by atoms with van der Waals surface area (Å²) in [5.74, 6) is 2.36. The third kappa shape index (κ3) is 3.23. The Morgan fingerprint density at radius 2 is 2.17 bits per heavy atom. The highest BCUT2D eigenvalue weighted by Gasteiger charge is 2.43. The van der Waals surface area contributed by atoms with Gasteiger partial charge in [-0.2, -0.15) is 0 Å². The van der Waals surface area contributed by atoms with Gasteiger partial charge in [0.2, 0.25) is 5.91 Å². The fraction of sp³-hybridized carbons (Fsp3) is 0.722. The summed E-state index contributed by atoms with van der Waals surface area (Å²) in [4.78, 5) is 20.7. The molecule has 4 heterocycles. The number of likely N-dealkylation sites (tertiary alicyclic amines) is 1. The highest BCUT2D eigenvalue weighted by molar-refractivity contribution is 5.78. The minimum Gasteiger partial charge on any atom is -0.465 e. The number of amides is 1. The smallest absolute Gasteiger partial charge is 0.249 e. The molecule has 0 saturated carbocycles. The maximum atomic E-state index is 12.8. The molecule has 6 heteroatoms. The number of hydroxylamine groups is 2. The Hall–Kier alpha value is -1.37. The van der Waals surface area contributed by atoms with Crippen molar-refractivity contribution in [3.8, 4) is 0 Å². The molecule has 3 saturated heterocycles. The second-order valence-corrected chi connectivity index (χ2v) is 7.13. The van der Waals surface area contributed by atoms with E-state index in [2.05, 4.69) is 4.90 Å². The minimum absolute atomic E-state index is 0.0167. The molecule has 0 spiro atoms. The molecule has 3 fully saturated rings. The second-order valence-electron chi connectivity index (χ2n) is 7.13. The van der Waals surface area contributed by atoms with Gasteiger partial charge in [0.15, 0.2) is 0 Å². The lowest BCUT2D eigenvalue weighted by molar-refractivity contribution is -0.185. The topological polar surface area (TPSA) is 55.2 Å². The molecule has 0 N–H and O–H groups in total. The summed E-state index contributed by atoms with van der Waals surface area (Å²) in [6.45, 7) is 6.71. The summed E-state index contributed by atoms with van der Waals surface area (Å²) in [6.07, 6.45) is 2.92. The summed E-state index contributed by atoms with van der Waals surface area (Å²) in [7, 11) is 0. The molecule has 0 unspecified atom stereocenters. The first-order valence-corrected chi connectivity index (χ1v) is 9.04. The van der Waals surface area contributed by atoms with E-state index in [4.69, 9.17) is 14.0 Å². The molecular formula is C18H26N2O4. The van der Waals surface area contributed by atoms with E-state index in [1.54, 1.807) is 5.06 Å². The average molecular weight is 334 g/mol. The molecule has 4 rings (SSSR count). The summed E-state index contributed by atoms with van der Waals surface area (Å²) >= 11 is 0. The third-order valence-electron chi connectivity index (χ3n) is 5.45. The van der Waals surface area contributed by atoms with Crippen LogP contribution in [-0.2, 0) is 20.9 Å². The van der Waals surface area contributed by atoms with Crippen molar-refractivity contribution in [2.75, 3.05) is 32.8 Å². The van der Waals surface area contributed by atoms with Crippen LogP contribution in [0.25, 0.3) is 0 Å². The monoisotopic (exact) mass is 334 g/mol. The van der Waals surface area contributed by atoms with Gasteiger partial charge in [-0.15, -0.1) is 0 Å². The molecule has 1 aromatic heterocycles. The number of furan rings is 1. The van der Waals surface area contributed by atoms with Crippen molar-refractivity contribution < 1.29 is 18.8 Å².